The summed E-state index contributed by atoms with van der Waals surface area (Å²) in [6.45, 7) is 0. The summed E-state index contributed by atoms with van der Waals surface area (Å²) in [7, 11) is -7.67. The summed E-state index contributed by atoms with van der Waals surface area (Å²) in [6.07, 6.45) is 9.70. The van der Waals surface area contributed by atoms with Crippen molar-refractivity contribution in [2.45, 2.75) is 113 Å². The Bertz CT molecular complexity index is 695. The van der Waals surface area contributed by atoms with E-state index in [2.05, 4.69) is 0 Å². The van der Waals surface area contributed by atoms with Crippen LogP contribution in [0, 0.1) is 0 Å². The van der Waals surface area contributed by atoms with Crippen LogP contribution < -0.4 is 0 Å². The number of hydrogen-bond donors (Lipinski definition) is 0. The topological polar surface area (TPSA) is 121 Å². The highest BCUT2D eigenvalue weighted by Crippen LogP contribution is 2.26. The summed E-state index contributed by atoms with van der Waals surface area (Å²) in [6, 6.07) is 0. The molecule has 2 saturated carbocycles. The number of hydrogen-bond acceptors (Lipinski definition) is 8. The molecule has 0 aromatic carbocycles. The minimum atomic E-state index is -3.84. The molecule has 2 aliphatic rings. The van der Waals surface area contributed by atoms with Gasteiger partial charge in [0.2, 0.25) is 0 Å². The molecule has 30 heavy (non-hydrogen) atoms. The van der Waals surface area contributed by atoms with Crippen LogP contribution in [0.3, 0.4) is 0 Å². The fourth-order valence-electron chi connectivity index (χ4n) is 4.08. The lowest BCUT2D eigenvalue weighted by atomic mass is 10.0. The van der Waals surface area contributed by atoms with Gasteiger partial charge in [-0.2, -0.15) is 16.8 Å². The lowest BCUT2D eigenvalue weighted by molar-refractivity contribution is -0.135. The maximum atomic E-state index is 12.1. The van der Waals surface area contributed by atoms with Crippen molar-refractivity contribution >= 4 is 32.2 Å². The van der Waals surface area contributed by atoms with Crippen LogP contribution in [-0.2, 0) is 38.2 Å². The largest absolute Gasteiger partial charge is 0.345 e. The van der Waals surface area contributed by atoms with E-state index in [-0.39, 0.29) is 12.8 Å². The first-order chi connectivity index (χ1) is 14.2. The summed E-state index contributed by atoms with van der Waals surface area (Å²) in [5, 5.41) is -1.16. The van der Waals surface area contributed by atoms with E-state index in [4.69, 9.17) is 8.37 Å². The van der Waals surface area contributed by atoms with Crippen LogP contribution in [0.5, 0.6) is 0 Å². The summed E-state index contributed by atoms with van der Waals surface area (Å²) >= 11 is 0. The molecule has 0 spiro atoms. The quantitative estimate of drug-likeness (QED) is 0.333. The summed E-state index contributed by atoms with van der Waals surface area (Å²) in [4.78, 5) is 23.6. The van der Waals surface area contributed by atoms with Crippen LogP contribution >= 0.6 is 0 Å². The molecule has 8 nitrogen and oxygen atoms in total. The van der Waals surface area contributed by atoms with Crippen molar-refractivity contribution in [2.75, 3.05) is 0 Å². The normalized spacial score (nSPS) is 19.3. The maximum absolute atomic E-state index is 12.1. The van der Waals surface area contributed by atoms with Crippen LogP contribution in [0.4, 0.5) is 0 Å². The van der Waals surface area contributed by atoms with E-state index >= 15 is 0 Å². The second-order valence-electron chi connectivity index (χ2n) is 8.33. The van der Waals surface area contributed by atoms with Gasteiger partial charge in [0, 0.05) is 12.8 Å². The molecular formula is C20H34O8S2. The Morgan fingerprint density at radius 1 is 0.567 bits per heavy atom. The lowest BCUT2D eigenvalue weighted by Gasteiger charge is -2.20. The molecule has 2 fully saturated rings. The van der Waals surface area contributed by atoms with Gasteiger partial charge in [0.15, 0.2) is 0 Å². The predicted molar refractivity (Wildman–Crippen MR) is 111 cm³/mol. The van der Waals surface area contributed by atoms with Crippen molar-refractivity contribution < 1.29 is 34.8 Å². The van der Waals surface area contributed by atoms with Gasteiger partial charge in [0.25, 0.3) is 0 Å². The maximum Gasteiger partial charge on any atom is 0.322 e. The van der Waals surface area contributed by atoms with Gasteiger partial charge in [0.1, 0.15) is 0 Å². The van der Waals surface area contributed by atoms with E-state index in [1.807, 2.05) is 0 Å². The van der Waals surface area contributed by atoms with Crippen molar-refractivity contribution in [3.05, 3.63) is 0 Å². The van der Waals surface area contributed by atoms with Crippen LogP contribution in [0.1, 0.15) is 103 Å². The lowest BCUT2D eigenvalue weighted by Crippen LogP contribution is -2.28. The van der Waals surface area contributed by atoms with Crippen LogP contribution in [0.2, 0.25) is 0 Å². The summed E-state index contributed by atoms with van der Waals surface area (Å²) in [5.74, 6) is -1.47. The van der Waals surface area contributed by atoms with Gasteiger partial charge >= 0.3 is 32.2 Å². The molecule has 0 aliphatic heterocycles. The SMILES string of the molecule is O=C(CCCCCCC(=O)OS(=O)(=O)C1CCCCC1)OS(=O)(=O)C1CCCCC1. The minimum Gasteiger partial charge on any atom is -0.345 e. The Kier molecular flexibility index (Phi) is 10.1. The molecule has 0 unspecified atom stereocenters. The van der Waals surface area contributed by atoms with Crippen LogP contribution in [-0.4, -0.2) is 39.3 Å². The first-order valence-electron chi connectivity index (χ1n) is 11.1. The first kappa shape index (κ1) is 25.1. The number of carbonyl (C=O) groups excluding carboxylic acids is 2. The van der Waals surface area contributed by atoms with Gasteiger partial charge in [-0.05, 0) is 38.5 Å². The molecule has 0 aromatic rings. The van der Waals surface area contributed by atoms with Gasteiger partial charge < -0.3 is 8.37 Å². The second-order valence-corrected chi connectivity index (χ2v) is 12.0. The van der Waals surface area contributed by atoms with E-state index in [9.17, 15) is 26.4 Å². The molecule has 0 N–H and O–H groups in total. The van der Waals surface area contributed by atoms with Gasteiger partial charge in [0.05, 0.1) is 10.5 Å². The summed E-state index contributed by atoms with van der Waals surface area (Å²) in [5.41, 5.74) is 0. The average molecular weight is 467 g/mol. The monoisotopic (exact) mass is 466 g/mol. The number of rotatable bonds is 11. The van der Waals surface area contributed by atoms with Crippen molar-refractivity contribution in [2.24, 2.45) is 0 Å². The van der Waals surface area contributed by atoms with E-state index in [0.29, 0.717) is 51.4 Å². The Labute approximate surface area is 180 Å². The third-order valence-corrected chi connectivity index (χ3v) is 9.26. The highest BCUT2D eigenvalue weighted by atomic mass is 32.2. The molecule has 0 atom stereocenters. The van der Waals surface area contributed by atoms with E-state index in [1.165, 1.54) is 0 Å². The van der Waals surface area contributed by atoms with E-state index in [1.54, 1.807) is 0 Å². The molecule has 0 saturated heterocycles. The standard InChI is InChI=1S/C20H34O8S2/c21-19(27-29(23,24)17-11-5-3-6-12-17)15-9-1-2-10-16-20(22)28-30(25,26)18-13-7-4-8-14-18/h17-18H,1-16H2. The molecule has 0 amide bonds. The van der Waals surface area contributed by atoms with Gasteiger partial charge in [-0.15, -0.1) is 0 Å². The van der Waals surface area contributed by atoms with Gasteiger partial charge in [-0.3, -0.25) is 9.59 Å². The predicted octanol–water partition coefficient (Wildman–Crippen LogP) is 3.74. The molecule has 0 radical (unpaired) electrons. The molecular weight excluding hydrogens is 432 g/mol. The zero-order chi connectivity index (χ0) is 22.0. The Hall–Kier alpha value is -1.16. The Balaban J connectivity index is 1.56. The third kappa shape index (κ3) is 8.53. The third-order valence-electron chi connectivity index (χ3n) is 5.85. The second kappa shape index (κ2) is 12.0. The van der Waals surface area contributed by atoms with Crippen LogP contribution in [0.25, 0.3) is 0 Å². The summed E-state index contributed by atoms with van der Waals surface area (Å²) < 4.78 is 57.8. The molecule has 0 aromatic heterocycles. The smallest absolute Gasteiger partial charge is 0.322 e. The Morgan fingerprint density at radius 3 is 1.23 bits per heavy atom. The van der Waals surface area contributed by atoms with Crippen LogP contribution in [0.15, 0.2) is 0 Å². The molecule has 0 heterocycles. The van der Waals surface area contributed by atoms with E-state index < -0.39 is 42.7 Å². The molecule has 2 aliphatic carbocycles. The van der Waals surface area contributed by atoms with Gasteiger partial charge in [-0.1, -0.05) is 51.4 Å². The van der Waals surface area contributed by atoms with Crippen molar-refractivity contribution in [3.63, 3.8) is 0 Å². The highest BCUT2D eigenvalue weighted by Gasteiger charge is 2.31. The van der Waals surface area contributed by atoms with Crippen molar-refractivity contribution in [1.82, 2.24) is 0 Å². The molecule has 10 heteroatoms. The zero-order valence-electron chi connectivity index (χ0n) is 17.6. The van der Waals surface area contributed by atoms with Gasteiger partial charge in [-0.25, -0.2) is 0 Å². The average Bonchev–Trinajstić information content (AvgIpc) is 2.71. The highest BCUT2D eigenvalue weighted by molar-refractivity contribution is 7.88. The zero-order valence-corrected chi connectivity index (χ0v) is 19.2. The molecule has 0 bridgehead atoms. The van der Waals surface area contributed by atoms with Crippen molar-refractivity contribution in [3.8, 4) is 0 Å². The number of unbranched alkanes of at least 4 members (excludes halogenated alkanes) is 3. The first-order valence-corrected chi connectivity index (χ1v) is 14.1. The molecule has 174 valence electrons. The van der Waals surface area contributed by atoms with Crippen molar-refractivity contribution in [1.29, 1.82) is 0 Å². The minimum absolute atomic E-state index is 0.00640. The van der Waals surface area contributed by atoms with E-state index in [0.717, 1.165) is 38.5 Å². The fraction of sp³-hybridized carbons (Fsp3) is 0.900. The Morgan fingerprint density at radius 2 is 0.900 bits per heavy atom. The number of carbonyl (C=O) groups is 2. The fourth-order valence-corrected chi connectivity index (χ4v) is 6.86. The molecule has 2 rings (SSSR count).